The van der Waals surface area contributed by atoms with Gasteiger partial charge in [-0.1, -0.05) is 12.1 Å². The number of β-amino-alcohol motifs (C(OH)–C–C–N with tert-alkyl or cyclic N) is 1. The largest absolute Gasteiger partial charge is 0.466 e. The van der Waals surface area contributed by atoms with Crippen LogP contribution in [0.5, 0.6) is 0 Å². The minimum Gasteiger partial charge on any atom is -0.466 e. The zero-order valence-corrected chi connectivity index (χ0v) is 15.5. The maximum absolute atomic E-state index is 12.7. The Labute approximate surface area is 159 Å². The molecule has 1 aliphatic rings. The van der Waals surface area contributed by atoms with E-state index in [0.29, 0.717) is 16.4 Å². The quantitative estimate of drug-likeness (QED) is 0.605. The summed E-state index contributed by atoms with van der Waals surface area (Å²) in [4.78, 5) is 30.5. The molecule has 9 heteroatoms. The summed E-state index contributed by atoms with van der Waals surface area (Å²) in [5.74, 6) is -0.977. The number of benzene rings is 1. The van der Waals surface area contributed by atoms with Gasteiger partial charge in [-0.15, -0.1) is 11.3 Å². The SMILES string of the molecule is COC(=O)C1=C(Nc2ccccc2-c2nc(CO)cs2)C(=O)N(CCO)C1. The minimum absolute atomic E-state index is 0.0719. The molecule has 1 aromatic carbocycles. The summed E-state index contributed by atoms with van der Waals surface area (Å²) in [7, 11) is 1.26. The van der Waals surface area contributed by atoms with E-state index in [-0.39, 0.29) is 43.5 Å². The van der Waals surface area contributed by atoms with Crippen LogP contribution in [0, 0.1) is 0 Å². The van der Waals surface area contributed by atoms with Crippen LogP contribution in [0.2, 0.25) is 0 Å². The molecule has 2 aromatic rings. The van der Waals surface area contributed by atoms with Gasteiger partial charge in [0.2, 0.25) is 0 Å². The molecule has 1 amide bonds. The number of aliphatic hydroxyl groups is 2. The summed E-state index contributed by atoms with van der Waals surface area (Å²) >= 11 is 1.37. The Morgan fingerprint density at radius 3 is 2.81 bits per heavy atom. The van der Waals surface area contributed by atoms with E-state index in [4.69, 9.17) is 9.84 Å². The van der Waals surface area contributed by atoms with Crippen molar-refractivity contribution in [2.75, 3.05) is 32.1 Å². The number of carbonyl (C=O) groups excluding carboxylic acids is 2. The number of ether oxygens (including phenoxy) is 1. The molecule has 1 aliphatic heterocycles. The Morgan fingerprint density at radius 1 is 1.37 bits per heavy atom. The van der Waals surface area contributed by atoms with Crippen molar-refractivity contribution in [3.05, 3.63) is 46.6 Å². The monoisotopic (exact) mass is 389 g/mol. The minimum atomic E-state index is -0.597. The Bertz CT molecular complexity index is 893. The average molecular weight is 389 g/mol. The van der Waals surface area contributed by atoms with Crippen LogP contribution in [0.3, 0.4) is 0 Å². The number of thiazole rings is 1. The number of para-hydroxylation sites is 1. The lowest BCUT2D eigenvalue weighted by atomic mass is 10.1. The molecule has 1 aromatic heterocycles. The zero-order valence-electron chi connectivity index (χ0n) is 14.6. The van der Waals surface area contributed by atoms with E-state index >= 15 is 0 Å². The van der Waals surface area contributed by atoms with Gasteiger partial charge in [0.25, 0.3) is 5.91 Å². The van der Waals surface area contributed by atoms with Crippen molar-refractivity contribution in [1.29, 1.82) is 0 Å². The summed E-state index contributed by atoms with van der Waals surface area (Å²) in [5, 5.41) is 23.9. The van der Waals surface area contributed by atoms with Crippen LogP contribution in [0.4, 0.5) is 5.69 Å². The van der Waals surface area contributed by atoms with Gasteiger partial charge in [-0.2, -0.15) is 0 Å². The molecule has 0 spiro atoms. The number of rotatable bonds is 7. The lowest BCUT2D eigenvalue weighted by Crippen LogP contribution is -2.31. The van der Waals surface area contributed by atoms with Gasteiger partial charge in [0.15, 0.2) is 0 Å². The number of methoxy groups -OCH3 is 1. The van der Waals surface area contributed by atoms with E-state index in [1.165, 1.54) is 23.3 Å². The summed E-state index contributed by atoms with van der Waals surface area (Å²) in [6.45, 7) is -0.160. The topological polar surface area (TPSA) is 112 Å². The van der Waals surface area contributed by atoms with E-state index in [1.807, 2.05) is 12.1 Å². The summed E-state index contributed by atoms with van der Waals surface area (Å²) in [6, 6.07) is 7.26. The van der Waals surface area contributed by atoms with Crippen LogP contribution in [-0.4, -0.2) is 58.8 Å². The molecule has 27 heavy (non-hydrogen) atoms. The predicted octanol–water partition coefficient (Wildman–Crippen LogP) is 0.976. The fraction of sp³-hybridized carbons (Fsp3) is 0.278. The van der Waals surface area contributed by atoms with Gasteiger partial charge >= 0.3 is 5.97 Å². The third-order valence-electron chi connectivity index (χ3n) is 4.08. The highest BCUT2D eigenvalue weighted by molar-refractivity contribution is 7.13. The van der Waals surface area contributed by atoms with E-state index in [1.54, 1.807) is 17.5 Å². The molecule has 3 N–H and O–H groups in total. The first-order chi connectivity index (χ1) is 13.1. The number of nitrogens with zero attached hydrogens (tertiary/aromatic N) is 2. The Balaban J connectivity index is 1.97. The second-order valence-corrected chi connectivity index (χ2v) is 6.63. The molecule has 0 aliphatic carbocycles. The van der Waals surface area contributed by atoms with E-state index < -0.39 is 5.97 Å². The molecule has 142 valence electrons. The van der Waals surface area contributed by atoms with Gasteiger partial charge in [0.1, 0.15) is 10.7 Å². The standard InChI is InChI=1S/C18H19N3O5S/c1-26-18(25)13-8-21(6-7-22)17(24)15(13)20-14-5-3-2-4-12(14)16-19-11(9-23)10-27-16/h2-5,10,20,22-23H,6-9H2,1H3. The predicted molar refractivity (Wildman–Crippen MR) is 99.8 cm³/mol. The summed E-state index contributed by atoms with van der Waals surface area (Å²) in [5.41, 5.74) is 2.24. The number of aliphatic hydroxyl groups excluding tert-OH is 2. The maximum atomic E-state index is 12.7. The average Bonchev–Trinajstić information content (AvgIpc) is 3.28. The van der Waals surface area contributed by atoms with E-state index in [2.05, 4.69) is 10.3 Å². The number of aromatic nitrogens is 1. The number of anilines is 1. The first-order valence-electron chi connectivity index (χ1n) is 8.22. The number of hydrogen-bond donors (Lipinski definition) is 3. The fourth-order valence-electron chi connectivity index (χ4n) is 2.77. The molecule has 0 saturated heterocycles. The second kappa shape index (κ2) is 8.30. The molecule has 0 atom stereocenters. The van der Waals surface area contributed by atoms with Crippen molar-refractivity contribution in [1.82, 2.24) is 9.88 Å². The third-order valence-corrected chi connectivity index (χ3v) is 5.01. The van der Waals surface area contributed by atoms with Crippen LogP contribution in [-0.2, 0) is 20.9 Å². The first-order valence-corrected chi connectivity index (χ1v) is 9.10. The normalized spacial score (nSPS) is 14.0. The summed E-state index contributed by atoms with van der Waals surface area (Å²) < 4.78 is 4.79. The molecule has 0 radical (unpaired) electrons. The Morgan fingerprint density at radius 2 is 2.15 bits per heavy atom. The molecule has 0 unspecified atom stereocenters. The lowest BCUT2D eigenvalue weighted by Gasteiger charge is -2.15. The molecule has 0 fully saturated rings. The van der Waals surface area contributed by atoms with Gasteiger partial charge in [-0.25, -0.2) is 9.78 Å². The highest BCUT2D eigenvalue weighted by atomic mass is 32.1. The van der Waals surface area contributed by atoms with Crippen LogP contribution >= 0.6 is 11.3 Å². The van der Waals surface area contributed by atoms with Crippen molar-refractivity contribution >= 4 is 28.9 Å². The Kier molecular flexibility index (Phi) is 5.84. The molecule has 3 rings (SSSR count). The summed E-state index contributed by atoms with van der Waals surface area (Å²) in [6.07, 6.45) is 0. The van der Waals surface area contributed by atoms with Gasteiger partial charge in [-0.05, 0) is 12.1 Å². The van der Waals surface area contributed by atoms with E-state index in [9.17, 15) is 14.7 Å². The van der Waals surface area contributed by atoms with Crippen LogP contribution < -0.4 is 5.32 Å². The first kappa shape index (κ1) is 19.0. The van der Waals surface area contributed by atoms with Gasteiger partial charge < -0.3 is 25.2 Å². The number of carbonyl (C=O) groups is 2. The molecule has 0 bridgehead atoms. The van der Waals surface area contributed by atoms with Crippen LogP contribution in [0.1, 0.15) is 5.69 Å². The molecular weight excluding hydrogens is 370 g/mol. The number of hydrogen-bond acceptors (Lipinski definition) is 8. The second-order valence-electron chi connectivity index (χ2n) is 5.77. The molecule has 0 saturated carbocycles. The van der Waals surface area contributed by atoms with Crippen LogP contribution in [0.25, 0.3) is 10.6 Å². The zero-order chi connectivity index (χ0) is 19.4. The number of esters is 1. The van der Waals surface area contributed by atoms with Crippen molar-refractivity contribution in [2.45, 2.75) is 6.61 Å². The van der Waals surface area contributed by atoms with Gasteiger partial charge in [0, 0.05) is 23.2 Å². The Hall–Kier alpha value is -2.75. The number of amides is 1. The lowest BCUT2D eigenvalue weighted by molar-refractivity contribution is -0.136. The van der Waals surface area contributed by atoms with Crippen molar-refractivity contribution in [3.63, 3.8) is 0 Å². The maximum Gasteiger partial charge on any atom is 0.337 e. The van der Waals surface area contributed by atoms with Crippen molar-refractivity contribution in [2.24, 2.45) is 0 Å². The number of nitrogens with one attached hydrogen (secondary N) is 1. The fourth-order valence-corrected chi connectivity index (χ4v) is 3.62. The van der Waals surface area contributed by atoms with Gasteiger partial charge in [-0.3, -0.25) is 4.79 Å². The van der Waals surface area contributed by atoms with Crippen molar-refractivity contribution < 1.29 is 24.5 Å². The molecule has 2 heterocycles. The van der Waals surface area contributed by atoms with Gasteiger partial charge in [0.05, 0.1) is 38.1 Å². The van der Waals surface area contributed by atoms with Crippen molar-refractivity contribution in [3.8, 4) is 10.6 Å². The highest BCUT2D eigenvalue weighted by Gasteiger charge is 2.34. The third kappa shape index (κ3) is 3.85. The van der Waals surface area contributed by atoms with E-state index in [0.717, 1.165) is 5.56 Å². The molecule has 8 nitrogen and oxygen atoms in total. The molecular formula is C18H19N3O5S. The van der Waals surface area contributed by atoms with Crippen LogP contribution in [0.15, 0.2) is 40.9 Å². The smallest absolute Gasteiger partial charge is 0.337 e. The highest BCUT2D eigenvalue weighted by Crippen LogP contribution is 2.33.